The van der Waals surface area contributed by atoms with Crippen molar-refractivity contribution in [2.24, 2.45) is 5.41 Å². The molecular weight excluding hydrogens is 297 g/mol. The number of carbonyl (C=O) groups excluding carboxylic acids is 1. The van der Waals surface area contributed by atoms with Crippen molar-refractivity contribution in [3.8, 4) is 6.07 Å². The molecule has 1 aliphatic rings. The Morgan fingerprint density at radius 2 is 2.00 bits per heavy atom. The number of aromatic nitrogens is 2. The summed E-state index contributed by atoms with van der Waals surface area (Å²) in [5.74, 6) is 0.341. The number of nitrogens with one attached hydrogen (secondary N) is 1. The van der Waals surface area contributed by atoms with Crippen LogP contribution in [0.1, 0.15) is 39.3 Å². The summed E-state index contributed by atoms with van der Waals surface area (Å²) in [6.45, 7) is 6.29. The number of piperidine rings is 1. The fraction of sp³-hybridized carbons (Fsp3) is 0.625. The number of rotatable bonds is 3. The zero-order chi connectivity index (χ0) is 17.1. The highest BCUT2D eigenvalue weighted by Crippen LogP contribution is 2.29. The molecule has 0 aliphatic carbocycles. The van der Waals surface area contributed by atoms with Crippen LogP contribution >= 0.6 is 0 Å². The van der Waals surface area contributed by atoms with E-state index in [1.54, 1.807) is 20.8 Å². The van der Waals surface area contributed by atoms with E-state index in [0.717, 1.165) is 0 Å². The summed E-state index contributed by atoms with van der Waals surface area (Å²) in [5.41, 5.74) is -1.70. The highest BCUT2D eigenvalue weighted by molar-refractivity contribution is 5.81. The van der Waals surface area contributed by atoms with Crippen LogP contribution in [-0.2, 0) is 4.79 Å². The number of amides is 1. The summed E-state index contributed by atoms with van der Waals surface area (Å²) in [6, 6.07) is 2.00. The summed E-state index contributed by atoms with van der Waals surface area (Å²) in [6.07, 6.45) is 3.54. The van der Waals surface area contributed by atoms with Gasteiger partial charge in [0.15, 0.2) is 11.5 Å². The predicted octanol–water partition coefficient (Wildman–Crippen LogP) is 1.82. The van der Waals surface area contributed by atoms with Crippen LogP contribution in [0.15, 0.2) is 12.4 Å². The molecule has 1 fully saturated rings. The fourth-order valence-electron chi connectivity index (χ4n) is 2.44. The first kappa shape index (κ1) is 17.1. The van der Waals surface area contributed by atoms with E-state index in [1.807, 2.05) is 11.0 Å². The molecule has 0 atom stereocenters. The molecule has 1 amide bonds. The molecule has 0 saturated carbocycles. The van der Waals surface area contributed by atoms with Gasteiger partial charge in [0.05, 0.1) is 6.54 Å². The number of nitrogens with zero attached hydrogens (tertiary/aromatic N) is 4. The third-order valence-corrected chi connectivity index (χ3v) is 3.99. The Morgan fingerprint density at radius 3 is 2.57 bits per heavy atom. The summed E-state index contributed by atoms with van der Waals surface area (Å²) >= 11 is 0. The van der Waals surface area contributed by atoms with Gasteiger partial charge in [-0.1, -0.05) is 20.8 Å². The van der Waals surface area contributed by atoms with Gasteiger partial charge in [0.1, 0.15) is 11.7 Å². The first-order chi connectivity index (χ1) is 10.7. The minimum atomic E-state index is -1.42. The maximum atomic E-state index is 14.9. The lowest BCUT2D eigenvalue weighted by Gasteiger charge is -2.37. The van der Waals surface area contributed by atoms with Gasteiger partial charge < -0.3 is 10.2 Å². The second-order valence-corrected chi connectivity index (χ2v) is 6.91. The van der Waals surface area contributed by atoms with Gasteiger partial charge in [0.25, 0.3) is 0 Å². The van der Waals surface area contributed by atoms with Crippen LogP contribution in [0.2, 0.25) is 0 Å². The molecule has 1 aromatic rings. The third-order valence-electron chi connectivity index (χ3n) is 3.99. The third kappa shape index (κ3) is 4.15. The average Bonchev–Trinajstić information content (AvgIpc) is 2.52. The van der Waals surface area contributed by atoms with Crippen molar-refractivity contribution < 1.29 is 9.18 Å². The fourth-order valence-corrected chi connectivity index (χ4v) is 2.44. The molecule has 0 spiro atoms. The molecule has 23 heavy (non-hydrogen) atoms. The lowest BCUT2D eigenvalue weighted by atomic mass is 9.91. The van der Waals surface area contributed by atoms with Crippen molar-refractivity contribution in [2.45, 2.75) is 39.3 Å². The maximum absolute atomic E-state index is 14.9. The normalized spacial score (nSPS) is 17.4. The number of halogens is 1. The molecule has 0 bridgehead atoms. The quantitative estimate of drug-likeness (QED) is 0.919. The van der Waals surface area contributed by atoms with Gasteiger partial charge in [-0.2, -0.15) is 5.26 Å². The molecule has 0 unspecified atom stereocenters. The van der Waals surface area contributed by atoms with Crippen molar-refractivity contribution >= 4 is 11.7 Å². The predicted molar refractivity (Wildman–Crippen MR) is 84.5 cm³/mol. The molecule has 1 aromatic heterocycles. The summed E-state index contributed by atoms with van der Waals surface area (Å²) in [7, 11) is 0. The van der Waals surface area contributed by atoms with Crippen LogP contribution in [0.25, 0.3) is 0 Å². The van der Waals surface area contributed by atoms with Crippen LogP contribution in [0.4, 0.5) is 10.2 Å². The Bertz CT molecular complexity index is 612. The lowest BCUT2D eigenvalue weighted by Crippen LogP contribution is -2.50. The first-order valence-electron chi connectivity index (χ1n) is 7.68. The SMILES string of the molecule is CC(C)(C)C(=O)NCC1(F)CCN(c2nccnc2C#N)CC1. The van der Waals surface area contributed by atoms with E-state index in [-0.39, 0.29) is 31.0 Å². The number of anilines is 1. The molecule has 0 aromatic carbocycles. The monoisotopic (exact) mass is 319 g/mol. The molecule has 1 N–H and O–H groups in total. The second-order valence-electron chi connectivity index (χ2n) is 6.91. The number of hydrogen-bond acceptors (Lipinski definition) is 5. The first-order valence-corrected chi connectivity index (χ1v) is 7.68. The maximum Gasteiger partial charge on any atom is 0.225 e. The zero-order valence-corrected chi connectivity index (χ0v) is 13.8. The van der Waals surface area contributed by atoms with E-state index in [4.69, 9.17) is 5.26 Å². The summed E-state index contributed by atoms with van der Waals surface area (Å²) in [5, 5.41) is 11.8. The summed E-state index contributed by atoms with van der Waals surface area (Å²) < 4.78 is 14.9. The molecule has 1 aliphatic heterocycles. The largest absolute Gasteiger partial charge is 0.354 e. The van der Waals surface area contributed by atoms with E-state index >= 15 is 0 Å². The van der Waals surface area contributed by atoms with Crippen molar-refractivity contribution in [1.29, 1.82) is 5.26 Å². The number of hydrogen-bond donors (Lipinski definition) is 1. The van der Waals surface area contributed by atoms with Gasteiger partial charge in [-0.05, 0) is 0 Å². The molecule has 2 heterocycles. The molecular formula is C16H22FN5O. The van der Waals surface area contributed by atoms with Gasteiger partial charge in [0.2, 0.25) is 5.91 Å². The number of carbonyl (C=O) groups is 1. The van der Waals surface area contributed by atoms with E-state index in [9.17, 15) is 9.18 Å². The van der Waals surface area contributed by atoms with Crippen molar-refractivity contribution in [1.82, 2.24) is 15.3 Å². The van der Waals surface area contributed by atoms with Gasteiger partial charge in [-0.25, -0.2) is 14.4 Å². The second kappa shape index (κ2) is 6.49. The lowest BCUT2D eigenvalue weighted by molar-refractivity contribution is -0.129. The highest BCUT2D eigenvalue weighted by Gasteiger charge is 2.36. The van der Waals surface area contributed by atoms with Gasteiger partial charge in [-0.15, -0.1) is 0 Å². The minimum Gasteiger partial charge on any atom is -0.354 e. The number of alkyl halides is 1. The van der Waals surface area contributed by atoms with Crippen molar-refractivity contribution in [3.63, 3.8) is 0 Å². The van der Waals surface area contributed by atoms with E-state index in [0.29, 0.717) is 18.9 Å². The molecule has 7 heteroatoms. The minimum absolute atomic E-state index is 0.0164. The van der Waals surface area contributed by atoms with Crippen molar-refractivity contribution in [2.75, 3.05) is 24.5 Å². The van der Waals surface area contributed by atoms with Gasteiger partial charge in [0, 0.05) is 43.7 Å². The molecule has 6 nitrogen and oxygen atoms in total. The topological polar surface area (TPSA) is 81.9 Å². The standard InChI is InChI=1S/C16H22FN5O/c1-15(2,3)14(23)21-11-16(17)4-8-22(9-5-16)13-12(10-18)19-6-7-20-13/h6-7H,4-5,8-9,11H2,1-3H3,(H,21,23). The Kier molecular flexibility index (Phi) is 4.83. The van der Waals surface area contributed by atoms with E-state index in [2.05, 4.69) is 15.3 Å². The van der Waals surface area contributed by atoms with Crippen LogP contribution < -0.4 is 10.2 Å². The molecule has 0 radical (unpaired) electrons. The van der Waals surface area contributed by atoms with Crippen LogP contribution in [0.3, 0.4) is 0 Å². The Morgan fingerprint density at radius 1 is 1.39 bits per heavy atom. The van der Waals surface area contributed by atoms with Gasteiger partial charge in [-0.3, -0.25) is 4.79 Å². The highest BCUT2D eigenvalue weighted by atomic mass is 19.1. The van der Waals surface area contributed by atoms with Crippen LogP contribution in [0.5, 0.6) is 0 Å². The van der Waals surface area contributed by atoms with Crippen LogP contribution in [-0.4, -0.2) is 41.2 Å². The van der Waals surface area contributed by atoms with Crippen LogP contribution in [0, 0.1) is 16.7 Å². The van der Waals surface area contributed by atoms with E-state index < -0.39 is 11.1 Å². The zero-order valence-electron chi connectivity index (χ0n) is 13.8. The molecule has 2 rings (SSSR count). The van der Waals surface area contributed by atoms with E-state index in [1.165, 1.54) is 12.4 Å². The summed E-state index contributed by atoms with van der Waals surface area (Å²) in [4.78, 5) is 21.9. The Balaban J connectivity index is 1.95. The molecule has 1 saturated heterocycles. The Hall–Kier alpha value is -2.23. The average molecular weight is 319 g/mol. The smallest absolute Gasteiger partial charge is 0.225 e. The Labute approximate surface area is 135 Å². The van der Waals surface area contributed by atoms with Gasteiger partial charge >= 0.3 is 0 Å². The number of nitriles is 1. The molecule has 124 valence electrons. The van der Waals surface area contributed by atoms with Crippen molar-refractivity contribution in [3.05, 3.63) is 18.1 Å².